The van der Waals surface area contributed by atoms with Gasteiger partial charge in [-0.05, 0) is 112 Å². The highest BCUT2D eigenvalue weighted by molar-refractivity contribution is 5.09. The van der Waals surface area contributed by atoms with Gasteiger partial charge in [-0.1, -0.05) is 13.8 Å². The van der Waals surface area contributed by atoms with E-state index in [2.05, 4.69) is 13.8 Å². The van der Waals surface area contributed by atoms with Gasteiger partial charge in [-0.25, -0.2) is 0 Å². The van der Waals surface area contributed by atoms with E-state index in [4.69, 9.17) is 9.47 Å². The summed E-state index contributed by atoms with van der Waals surface area (Å²) in [5.41, 5.74) is 0.716. The van der Waals surface area contributed by atoms with E-state index < -0.39 is 0 Å². The van der Waals surface area contributed by atoms with Crippen LogP contribution in [0.2, 0.25) is 0 Å². The Morgan fingerprint density at radius 2 is 1.67 bits per heavy atom. The van der Waals surface area contributed by atoms with Crippen molar-refractivity contribution in [2.75, 3.05) is 6.61 Å². The first-order valence-electron chi connectivity index (χ1n) is 12.0. The summed E-state index contributed by atoms with van der Waals surface area (Å²) in [6.45, 7) is 5.90. The summed E-state index contributed by atoms with van der Waals surface area (Å²) >= 11 is 0. The SMILES string of the molecule is C[C@]12CC[C@@H](O[C@@H]3CCCCO3)C[C@H]1CC[C@@H]1[C@@H]2CC[C@]2(C)[C@@H](O)CC[C@@H]12. The van der Waals surface area contributed by atoms with Crippen LogP contribution in [0, 0.1) is 34.5 Å². The number of ether oxygens (including phenoxy) is 2. The van der Waals surface area contributed by atoms with Gasteiger partial charge in [0.15, 0.2) is 6.29 Å². The lowest BCUT2D eigenvalue weighted by molar-refractivity contribution is -0.212. The first kappa shape index (κ1) is 18.9. The van der Waals surface area contributed by atoms with E-state index in [1.54, 1.807) is 0 Å². The average molecular weight is 377 g/mol. The molecule has 1 heterocycles. The van der Waals surface area contributed by atoms with Crippen LogP contribution in [-0.2, 0) is 9.47 Å². The van der Waals surface area contributed by atoms with Crippen LogP contribution < -0.4 is 0 Å². The molecular weight excluding hydrogens is 336 g/mol. The molecule has 0 amide bonds. The van der Waals surface area contributed by atoms with E-state index >= 15 is 0 Å². The summed E-state index contributed by atoms with van der Waals surface area (Å²) in [6.07, 6.45) is 15.5. The molecule has 0 aromatic rings. The lowest BCUT2D eigenvalue weighted by Crippen LogP contribution is -2.54. The largest absolute Gasteiger partial charge is 0.393 e. The molecule has 1 saturated heterocycles. The van der Waals surface area contributed by atoms with Crippen LogP contribution >= 0.6 is 0 Å². The van der Waals surface area contributed by atoms with Gasteiger partial charge in [0.25, 0.3) is 0 Å². The zero-order valence-corrected chi connectivity index (χ0v) is 17.5. The zero-order valence-electron chi connectivity index (χ0n) is 17.5. The van der Waals surface area contributed by atoms with Crippen molar-refractivity contribution in [1.82, 2.24) is 0 Å². The molecule has 9 atom stereocenters. The lowest BCUT2D eigenvalue weighted by atomic mass is 9.45. The maximum atomic E-state index is 10.6. The fourth-order valence-corrected chi connectivity index (χ4v) is 8.35. The fraction of sp³-hybridized carbons (Fsp3) is 1.00. The van der Waals surface area contributed by atoms with Gasteiger partial charge in [0.2, 0.25) is 0 Å². The predicted octanol–water partition coefficient (Wildman–Crippen LogP) is 5.30. The van der Waals surface area contributed by atoms with Gasteiger partial charge >= 0.3 is 0 Å². The van der Waals surface area contributed by atoms with Crippen LogP contribution in [0.15, 0.2) is 0 Å². The summed E-state index contributed by atoms with van der Waals surface area (Å²) in [6, 6.07) is 0. The van der Waals surface area contributed by atoms with Crippen LogP contribution in [0.25, 0.3) is 0 Å². The van der Waals surface area contributed by atoms with Crippen LogP contribution in [0.3, 0.4) is 0 Å². The Bertz CT molecular complexity index is 544. The van der Waals surface area contributed by atoms with Crippen molar-refractivity contribution < 1.29 is 14.6 Å². The van der Waals surface area contributed by atoms with Crippen molar-refractivity contribution in [1.29, 1.82) is 0 Å². The third-order valence-electron chi connectivity index (χ3n) is 10.0. The molecule has 1 N–H and O–H groups in total. The quantitative estimate of drug-likeness (QED) is 0.665. The molecule has 0 bridgehead atoms. The molecule has 0 unspecified atom stereocenters. The highest BCUT2D eigenvalue weighted by Gasteiger charge is 2.60. The second kappa shape index (κ2) is 6.99. The van der Waals surface area contributed by atoms with Gasteiger partial charge in [0, 0.05) is 6.61 Å². The maximum absolute atomic E-state index is 10.6. The van der Waals surface area contributed by atoms with E-state index in [9.17, 15) is 5.11 Å². The van der Waals surface area contributed by atoms with Crippen molar-refractivity contribution in [2.24, 2.45) is 34.5 Å². The van der Waals surface area contributed by atoms with Crippen LogP contribution in [0.1, 0.15) is 90.9 Å². The molecular formula is C24H40O3. The molecule has 5 fully saturated rings. The van der Waals surface area contributed by atoms with Crippen molar-refractivity contribution >= 4 is 0 Å². The maximum Gasteiger partial charge on any atom is 0.157 e. The molecule has 5 aliphatic rings. The Labute approximate surface area is 165 Å². The Kier molecular flexibility index (Phi) is 4.89. The Morgan fingerprint density at radius 1 is 0.852 bits per heavy atom. The standard InChI is InChI=1S/C24H40O3/c1-23-12-10-17(27-22-5-3-4-14-26-22)15-16(23)6-7-18-19-8-9-21(25)24(19,2)13-11-20(18)23/h16-22,25H,3-15H2,1-2H3/t16-,17-,18+,19+,20+,21+,22-,23+,24+/m1/s1. The van der Waals surface area contributed by atoms with E-state index in [-0.39, 0.29) is 17.8 Å². The number of hydrogen-bond donors (Lipinski definition) is 1. The van der Waals surface area contributed by atoms with Crippen LogP contribution in [-0.4, -0.2) is 30.2 Å². The first-order chi connectivity index (χ1) is 13.0. The van der Waals surface area contributed by atoms with Crippen molar-refractivity contribution in [3.8, 4) is 0 Å². The number of aliphatic hydroxyl groups is 1. The van der Waals surface area contributed by atoms with Gasteiger partial charge in [-0.15, -0.1) is 0 Å². The second-order valence-electron chi connectivity index (χ2n) is 11.1. The van der Waals surface area contributed by atoms with Crippen molar-refractivity contribution in [2.45, 2.75) is 109 Å². The van der Waals surface area contributed by atoms with Crippen molar-refractivity contribution in [3.05, 3.63) is 0 Å². The highest BCUT2D eigenvalue weighted by Crippen LogP contribution is 2.66. The number of hydrogen-bond acceptors (Lipinski definition) is 3. The van der Waals surface area contributed by atoms with Gasteiger partial charge in [0.05, 0.1) is 12.2 Å². The Hall–Kier alpha value is -0.120. The lowest BCUT2D eigenvalue weighted by Gasteiger charge is -2.61. The smallest absolute Gasteiger partial charge is 0.157 e. The van der Waals surface area contributed by atoms with E-state index in [0.717, 1.165) is 43.1 Å². The molecule has 3 heteroatoms. The molecule has 0 aromatic heterocycles. The fourth-order valence-electron chi connectivity index (χ4n) is 8.35. The normalized spacial score (nSPS) is 55.4. The minimum atomic E-state index is -0.0476. The Morgan fingerprint density at radius 3 is 2.48 bits per heavy atom. The number of fused-ring (bicyclic) bond motifs is 5. The molecule has 1 aliphatic heterocycles. The van der Waals surface area contributed by atoms with E-state index in [0.29, 0.717) is 11.5 Å². The van der Waals surface area contributed by atoms with Crippen molar-refractivity contribution in [3.63, 3.8) is 0 Å². The van der Waals surface area contributed by atoms with Gasteiger partial charge in [0.1, 0.15) is 0 Å². The average Bonchev–Trinajstić information content (AvgIpc) is 2.98. The molecule has 4 aliphatic carbocycles. The van der Waals surface area contributed by atoms with Gasteiger partial charge in [-0.3, -0.25) is 0 Å². The monoisotopic (exact) mass is 376 g/mol. The summed E-state index contributed by atoms with van der Waals surface area (Å²) in [5, 5.41) is 10.6. The van der Waals surface area contributed by atoms with Crippen LogP contribution in [0.5, 0.6) is 0 Å². The second-order valence-corrected chi connectivity index (χ2v) is 11.1. The van der Waals surface area contributed by atoms with E-state index in [1.165, 1.54) is 64.2 Å². The molecule has 4 saturated carbocycles. The van der Waals surface area contributed by atoms with Gasteiger partial charge < -0.3 is 14.6 Å². The van der Waals surface area contributed by atoms with E-state index in [1.807, 2.05) is 0 Å². The molecule has 27 heavy (non-hydrogen) atoms. The molecule has 0 aromatic carbocycles. The zero-order chi connectivity index (χ0) is 18.6. The summed E-state index contributed by atoms with van der Waals surface area (Å²) < 4.78 is 12.3. The summed E-state index contributed by atoms with van der Waals surface area (Å²) in [7, 11) is 0. The third kappa shape index (κ3) is 3.02. The highest BCUT2D eigenvalue weighted by atomic mass is 16.7. The predicted molar refractivity (Wildman–Crippen MR) is 106 cm³/mol. The minimum Gasteiger partial charge on any atom is -0.393 e. The minimum absolute atomic E-state index is 0.0476. The van der Waals surface area contributed by atoms with Crippen LogP contribution in [0.4, 0.5) is 0 Å². The topological polar surface area (TPSA) is 38.7 Å². The third-order valence-corrected chi connectivity index (χ3v) is 10.0. The molecule has 154 valence electrons. The Balaban J connectivity index is 1.27. The summed E-state index contributed by atoms with van der Waals surface area (Å²) in [5.74, 6) is 3.35. The van der Waals surface area contributed by atoms with Gasteiger partial charge in [-0.2, -0.15) is 0 Å². The summed E-state index contributed by atoms with van der Waals surface area (Å²) in [4.78, 5) is 0. The number of rotatable bonds is 2. The number of aliphatic hydroxyl groups excluding tert-OH is 1. The molecule has 0 spiro atoms. The molecule has 3 nitrogen and oxygen atoms in total. The molecule has 0 radical (unpaired) electrons. The first-order valence-corrected chi connectivity index (χ1v) is 12.0. The molecule has 5 rings (SSSR count).